The molecule has 0 saturated heterocycles. The number of hydrogen-bond acceptors (Lipinski definition) is 3. The van der Waals surface area contributed by atoms with Crippen molar-refractivity contribution in [3.63, 3.8) is 0 Å². The molecule has 0 fully saturated rings. The first-order valence-corrected chi connectivity index (χ1v) is 14.8. The molecule has 0 aliphatic rings. The molecule has 44 heavy (non-hydrogen) atoms. The molecule has 6 aromatic carbocycles. The van der Waals surface area contributed by atoms with Gasteiger partial charge in [-0.25, -0.2) is 9.97 Å². The number of imidazole rings is 1. The molecule has 4 heterocycles. The van der Waals surface area contributed by atoms with Crippen LogP contribution >= 0.6 is 0 Å². The quantitative estimate of drug-likeness (QED) is 0.202. The summed E-state index contributed by atoms with van der Waals surface area (Å²) in [6, 6.07) is 39.4. The van der Waals surface area contributed by atoms with E-state index < -0.39 is 0 Å². The van der Waals surface area contributed by atoms with E-state index in [0.717, 1.165) is 16.9 Å². The van der Waals surface area contributed by atoms with E-state index in [1.54, 1.807) is 6.20 Å². The van der Waals surface area contributed by atoms with Gasteiger partial charge in [0.2, 0.25) is 5.78 Å². The fraction of sp³-hybridized carbons (Fsp3) is 0. The molecule has 10 rings (SSSR count). The third kappa shape index (κ3) is 3.21. The zero-order chi connectivity index (χ0) is 28.8. The molecule has 0 aliphatic heterocycles. The predicted octanol–water partition coefficient (Wildman–Crippen LogP) is 9.45. The molecule has 4 aromatic heterocycles. The summed E-state index contributed by atoms with van der Waals surface area (Å²) in [5.41, 5.74) is 7.91. The number of aromatic nitrogens is 5. The molecule has 0 radical (unpaired) electrons. The van der Waals surface area contributed by atoms with Gasteiger partial charge < -0.3 is 4.57 Å². The zero-order valence-electron chi connectivity index (χ0n) is 23.5. The molecular formula is C39H23N5. The molecule has 0 saturated carbocycles. The lowest BCUT2D eigenvalue weighted by Crippen LogP contribution is -1.94. The largest absolute Gasteiger partial charge is 0.309 e. The van der Waals surface area contributed by atoms with Gasteiger partial charge >= 0.3 is 0 Å². The minimum atomic E-state index is 0.704. The Kier molecular flexibility index (Phi) is 4.66. The van der Waals surface area contributed by atoms with Crippen LogP contribution in [0.1, 0.15) is 0 Å². The van der Waals surface area contributed by atoms with Gasteiger partial charge in [-0.3, -0.25) is 9.38 Å². The van der Waals surface area contributed by atoms with E-state index in [-0.39, 0.29) is 0 Å². The van der Waals surface area contributed by atoms with Crippen molar-refractivity contribution in [1.29, 1.82) is 0 Å². The molecule has 0 atom stereocenters. The average Bonchev–Trinajstić information content (AvgIpc) is 3.67. The second-order valence-corrected chi connectivity index (χ2v) is 11.4. The van der Waals surface area contributed by atoms with Crippen molar-refractivity contribution in [3.05, 3.63) is 140 Å². The number of rotatable bonds is 3. The maximum absolute atomic E-state index is 4.70. The van der Waals surface area contributed by atoms with Crippen molar-refractivity contribution < 1.29 is 0 Å². The number of benzene rings is 6. The molecule has 0 bridgehead atoms. The van der Waals surface area contributed by atoms with E-state index in [0.29, 0.717) is 5.78 Å². The van der Waals surface area contributed by atoms with Gasteiger partial charge in [-0.2, -0.15) is 0 Å². The number of nitrogens with zero attached hydrogens (tertiary/aromatic N) is 5. The van der Waals surface area contributed by atoms with Crippen molar-refractivity contribution in [2.45, 2.75) is 0 Å². The number of fused-ring (bicyclic) bond motifs is 5. The molecular weight excluding hydrogens is 538 g/mol. The Bertz CT molecular complexity index is 2670. The highest BCUT2D eigenvalue weighted by Crippen LogP contribution is 2.44. The van der Waals surface area contributed by atoms with Crippen molar-refractivity contribution in [3.8, 4) is 28.1 Å². The highest BCUT2D eigenvalue weighted by atomic mass is 15.1. The zero-order valence-corrected chi connectivity index (χ0v) is 23.5. The molecule has 5 nitrogen and oxygen atoms in total. The second kappa shape index (κ2) is 8.72. The highest BCUT2D eigenvalue weighted by Gasteiger charge is 2.19. The van der Waals surface area contributed by atoms with Crippen LogP contribution < -0.4 is 0 Å². The SMILES string of the molecule is c1ccc(-n2c3ccncc3c3c4ccc5ccc(-c6ccc(-c7cn8cccnc8n7)cc6)c6ccc(cc32)c4c56)cc1. The van der Waals surface area contributed by atoms with Crippen LogP contribution in [-0.2, 0) is 0 Å². The molecule has 0 spiro atoms. The molecule has 0 amide bonds. The van der Waals surface area contributed by atoms with Crippen LogP contribution in [0, 0.1) is 0 Å². The molecule has 204 valence electrons. The summed E-state index contributed by atoms with van der Waals surface area (Å²) in [7, 11) is 0. The predicted molar refractivity (Wildman–Crippen MR) is 180 cm³/mol. The Balaban J connectivity index is 1.21. The van der Waals surface area contributed by atoms with Gasteiger partial charge in [0.1, 0.15) is 0 Å². The summed E-state index contributed by atoms with van der Waals surface area (Å²) in [5.74, 6) is 0.704. The summed E-state index contributed by atoms with van der Waals surface area (Å²) in [6.45, 7) is 0. The topological polar surface area (TPSA) is 48.0 Å². The van der Waals surface area contributed by atoms with Crippen LogP contribution in [0.3, 0.4) is 0 Å². The maximum Gasteiger partial charge on any atom is 0.234 e. The van der Waals surface area contributed by atoms with E-state index in [1.165, 1.54) is 65.3 Å². The van der Waals surface area contributed by atoms with Gasteiger partial charge in [0.05, 0.1) is 16.7 Å². The van der Waals surface area contributed by atoms with Crippen molar-refractivity contribution >= 4 is 59.9 Å². The van der Waals surface area contributed by atoms with Crippen LogP contribution in [0.5, 0.6) is 0 Å². The van der Waals surface area contributed by atoms with E-state index in [1.807, 2.05) is 35.3 Å². The van der Waals surface area contributed by atoms with Crippen molar-refractivity contribution in [2.75, 3.05) is 0 Å². The molecule has 5 heteroatoms. The Morgan fingerprint density at radius 3 is 2.25 bits per heavy atom. The summed E-state index contributed by atoms with van der Waals surface area (Å²) in [4.78, 5) is 13.6. The highest BCUT2D eigenvalue weighted by molar-refractivity contribution is 6.34. The minimum absolute atomic E-state index is 0.704. The minimum Gasteiger partial charge on any atom is -0.309 e. The smallest absolute Gasteiger partial charge is 0.234 e. The van der Waals surface area contributed by atoms with E-state index >= 15 is 0 Å². The van der Waals surface area contributed by atoms with E-state index in [2.05, 4.69) is 118 Å². The summed E-state index contributed by atoms with van der Waals surface area (Å²) >= 11 is 0. The van der Waals surface area contributed by atoms with Gasteiger partial charge in [0, 0.05) is 53.0 Å². The number of pyridine rings is 1. The van der Waals surface area contributed by atoms with Crippen molar-refractivity contribution in [1.82, 2.24) is 23.9 Å². The normalized spacial score (nSPS) is 12.1. The fourth-order valence-corrected chi connectivity index (χ4v) is 7.12. The third-order valence-electron chi connectivity index (χ3n) is 9.05. The van der Waals surface area contributed by atoms with Crippen LogP contribution in [0.15, 0.2) is 140 Å². The lowest BCUT2D eigenvalue weighted by molar-refractivity contribution is 1.11. The first kappa shape index (κ1) is 23.5. The van der Waals surface area contributed by atoms with Crippen LogP contribution in [0.4, 0.5) is 0 Å². The van der Waals surface area contributed by atoms with Crippen LogP contribution in [0.25, 0.3) is 88.0 Å². The van der Waals surface area contributed by atoms with Crippen molar-refractivity contribution in [2.24, 2.45) is 0 Å². The summed E-state index contributed by atoms with van der Waals surface area (Å²) < 4.78 is 4.32. The average molecular weight is 562 g/mol. The standard InChI is InChI=1S/C39H23N5/c1-2-5-28(6-3-1)44-34-17-19-40-22-32(34)38-31-16-12-26-11-14-29(30-15-13-27(21-35(38)44)37(31)36(26)30)24-7-9-25(10-8-24)33-23-43-20-4-18-41-39(43)42-33/h1-23H. The first-order valence-electron chi connectivity index (χ1n) is 14.8. The van der Waals surface area contributed by atoms with Gasteiger partial charge in [0.15, 0.2) is 0 Å². The monoisotopic (exact) mass is 561 g/mol. The van der Waals surface area contributed by atoms with Gasteiger partial charge in [0.25, 0.3) is 0 Å². The van der Waals surface area contributed by atoms with Crippen LogP contribution in [0.2, 0.25) is 0 Å². The lowest BCUT2D eigenvalue weighted by Gasteiger charge is -2.16. The molecule has 10 aromatic rings. The Morgan fingerprint density at radius 2 is 1.36 bits per heavy atom. The second-order valence-electron chi connectivity index (χ2n) is 11.4. The Morgan fingerprint density at radius 1 is 0.568 bits per heavy atom. The lowest BCUT2D eigenvalue weighted by atomic mass is 9.88. The van der Waals surface area contributed by atoms with Gasteiger partial charge in [-0.15, -0.1) is 0 Å². The van der Waals surface area contributed by atoms with E-state index in [9.17, 15) is 0 Å². The molecule has 0 unspecified atom stereocenters. The third-order valence-corrected chi connectivity index (χ3v) is 9.05. The van der Waals surface area contributed by atoms with Gasteiger partial charge in [-0.1, -0.05) is 78.9 Å². The maximum atomic E-state index is 4.70. The Hall–Kier alpha value is -6.07. The first-order chi connectivity index (χ1) is 21.8. The fourth-order valence-electron chi connectivity index (χ4n) is 7.12. The molecule has 0 aliphatic carbocycles. The molecule has 0 N–H and O–H groups in total. The number of para-hydroxylation sites is 1. The summed E-state index contributed by atoms with van der Waals surface area (Å²) in [5, 5.41) is 10.0. The number of hydrogen-bond donors (Lipinski definition) is 0. The van der Waals surface area contributed by atoms with E-state index in [4.69, 9.17) is 4.98 Å². The van der Waals surface area contributed by atoms with Gasteiger partial charge in [-0.05, 0) is 73.8 Å². The van der Waals surface area contributed by atoms with Crippen LogP contribution in [-0.4, -0.2) is 23.9 Å². The Labute approximate surface area is 251 Å². The summed E-state index contributed by atoms with van der Waals surface area (Å²) in [6.07, 6.45) is 9.67.